The highest BCUT2D eigenvalue weighted by atomic mass is 32.1. The minimum atomic E-state index is 0.920. The number of benzene rings is 2. The van der Waals surface area contributed by atoms with Crippen LogP contribution in [0.3, 0.4) is 0 Å². The normalized spacial score (nSPS) is 10.8. The number of aryl methyl sites for hydroxylation is 1. The van der Waals surface area contributed by atoms with Gasteiger partial charge in [-0.1, -0.05) is 53.3 Å². The molecule has 96 valence electrons. The zero-order valence-electron chi connectivity index (χ0n) is 10.9. The molecule has 1 aromatic heterocycles. The molecule has 0 bridgehead atoms. The largest absolute Gasteiger partial charge is 0.361 e. The molecule has 0 amide bonds. The Bertz CT molecular complexity index is 638. The van der Waals surface area contributed by atoms with Crippen molar-refractivity contribution in [1.82, 2.24) is 4.98 Å². The average Bonchev–Trinajstić information content (AvgIpc) is 2.83. The lowest BCUT2D eigenvalue weighted by Crippen LogP contribution is -2.04. The van der Waals surface area contributed by atoms with Crippen molar-refractivity contribution >= 4 is 26.7 Å². The van der Waals surface area contributed by atoms with Crippen molar-refractivity contribution in [3.8, 4) is 0 Å². The van der Waals surface area contributed by atoms with E-state index in [9.17, 15) is 0 Å². The van der Waals surface area contributed by atoms with E-state index in [0.717, 1.165) is 23.6 Å². The van der Waals surface area contributed by atoms with Gasteiger partial charge in [0.1, 0.15) is 0 Å². The first-order valence-electron chi connectivity index (χ1n) is 6.46. The molecule has 0 spiro atoms. The fourth-order valence-corrected chi connectivity index (χ4v) is 2.91. The fraction of sp³-hybridized carbons (Fsp3) is 0.188. The van der Waals surface area contributed by atoms with Crippen molar-refractivity contribution in [3.05, 3.63) is 59.7 Å². The predicted molar refractivity (Wildman–Crippen MR) is 83.0 cm³/mol. The van der Waals surface area contributed by atoms with Crippen LogP contribution in [-0.4, -0.2) is 11.5 Å². The SMILES string of the molecule is Cc1ccc(CCNc2nc3ccccc3s2)cc1. The van der Waals surface area contributed by atoms with Gasteiger partial charge in [0.25, 0.3) is 0 Å². The van der Waals surface area contributed by atoms with Crippen LogP contribution in [0.5, 0.6) is 0 Å². The van der Waals surface area contributed by atoms with E-state index in [1.54, 1.807) is 11.3 Å². The van der Waals surface area contributed by atoms with Crippen LogP contribution in [0.1, 0.15) is 11.1 Å². The zero-order chi connectivity index (χ0) is 13.1. The molecule has 3 aromatic rings. The van der Waals surface area contributed by atoms with Gasteiger partial charge >= 0.3 is 0 Å². The molecule has 0 radical (unpaired) electrons. The van der Waals surface area contributed by atoms with E-state index >= 15 is 0 Å². The summed E-state index contributed by atoms with van der Waals surface area (Å²) in [7, 11) is 0. The first-order chi connectivity index (χ1) is 9.31. The highest BCUT2D eigenvalue weighted by Crippen LogP contribution is 2.25. The molecule has 0 aliphatic carbocycles. The number of fused-ring (bicyclic) bond motifs is 1. The minimum Gasteiger partial charge on any atom is -0.361 e. The predicted octanol–water partition coefficient (Wildman–Crippen LogP) is 4.26. The van der Waals surface area contributed by atoms with E-state index in [-0.39, 0.29) is 0 Å². The molecule has 0 fully saturated rings. The molecule has 3 rings (SSSR count). The fourth-order valence-electron chi connectivity index (χ4n) is 2.02. The Morgan fingerprint density at radius 1 is 1.05 bits per heavy atom. The third-order valence-electron chi connectivity index (χ3n) is 3.10. The number of nitrogens with zero attached hydrogens (tertiary/aromatic N) is 1. The Kier molecular flexibility index (Phi) is 3.47. The van der Waals surface area contributed by atoms with Crippen LogP contribution in [0.25, 0.3) is 10.2 Å². The standard InChI is InChI=1S/C16H16N2S/c1-12-6-8-13(9-7-12)10-11-17-16-18-14-4-2-3-5-15(14)19-16/h2-9H,10-11H2,1H3,(H,17,18). The van der Waals surface area contributed by atoms with Gasteiger partial charge in [-0.2, -0.15) is 0 Å². The topological polar surface area (TPSA) is 24.9 Å². The van der Waals surface area contributed by atoms with Crippen LogP contribution in [0, 0.1) is 6.92 Å². The van der Waals surface area contributed by atoms with E-state index in [2.05, 4.69) is 59.7 Å². The van der Waals surface area contributed by atoms with Gasteiger partial charge < -0.3 is 5.32 Å². The Morgan fingerprint density at radius 2 is 1.84 bits per heavy atom. The molecule has 3 heteroatoms. The van der Waals surface area contributed by atoms with Crippen molar-refractivity contribution in [2.45, 2.75) is 13.3 Å². The second kappa shape index (κ2) is 5.41. The van der Waals surface area contributed by atoms with Gasteiger partial charge in [0.15, 0.2) is 5.13 Å². The second-order valence-corrected chi connectivity index (χ2v) is 5.68. The number of hydrogen-bond acceptors (Lipinski definition) is 3. The van der Waals surface area contributed by atoms with Gasteiger partial charge in [0.2, 0.25) is 0 Å². The van der Waals surface area contributed by atoms with Crippen molar-refractivity contribution in [1.29, 1.82) is 0 Å². The smallest absolute Gasteiger partial charge is 0.183 e. The summed E-state index contributed by atoms with van der Waals surface area (Å²) in [4.78, 5) is 4.57. The number of nitrogens with one attached hydrogen (secondary N) is 1. The minimum absolute atomic E-state index is 0.920. The maximum atomic E-state index is 4.57. The summed E-state index contributed by atoms with van der Waals surface area (Å²) in [6.45, 7) is 3.03. The lowest BCUT2D eigenvalue weighted by Gasteiger charge is -2.03. The molecule has 1 heterocycles. The molecule has 0 aliphatic heterocycles. The van der Waals surface area contributed by atoms with Crippen LogP contribution >= 0.6 is 11.3 Å². The Morgan fingerprint density at radius 3 is 2.63 bits per heavy atom. The highest BCUT2D eigenvalue weighted by molar-refractivity contribution is 7.22. The Hall–Kier alpha value is -1.87. The van der Waals surface area contributed by atoms with E-state index < -0.39 is 0 Å². The van der Waals surface area contributed by atoms with Gasteiger partial charge in [0, 0.05) is 6.54 Å². The summed E-state index contributed by atoms with van der Waals surface area (Å²) in [5.74, 6) is 0. The molecule has 0 unspecified atom stereocenters. The molecular formula is C16H16N2S. The molecule has 0 atom stereocenters. The summed E-state index contributed by atoms with van der Waals surface area (Å²) >= 11 is 1.71. The first-order valence-corrected chi connectivity index (χ1v) is 7.28. The zero-order valence-corrected chi connectivity index (χ0v) is 11.7. The van der Waals surface area contributed by atoms with E-state index in [4.69, 9.17) is 0 Å². The number of hydrogen-bond donors (Lipinski definition) is 1. The van der Waals surface area contributed by atoms with Crippen LogP contribution in [0.2, 0.25) is 0 Å². The van der Waals surface area contributed by atoms with E-state index in [0.29, 0.717) is 0 Å². The average molecular weight is 268 g/mol. The molecule has 2 aromatic carbocycles. The number of anilines is 1. The maximum Gasteiger partial charge on any atom is 0.183 e. The monoisotopic (exact) mass is 268 g/mol. The van der Waals surface area contributed by atoms with Crippen LogP contribution in [-0.2, 0) is 6.42 Å². The third kappa shape index (κ3) is 2.93. The molecule has 0 aliphatic rings. The van der Waals surface area contributed by atoms with Crippen LogP contribution in [0.4, 0.5) is 5.13 Å². The summed E-state index contributed by atoms with van der Waals surface area (Å²) in [5, 5.41) is 4.41. The van der Waals surface area contributed by atoms with Crippen LogP contribution in [0.15, 0.2) is 48.5 Å². The van der Waals surface area contributed by atoms with Gasteiger partial charge in [-0.3, -0.25) is 0 Å². The van der Waals surface area contributed by atoms with E-state index in [1.807, 2.05) is 6.07 Å². The third-order valence-corrected chi connectivity index (χ3v) is 4.10. The second-order valence-electron chi connectivity index (χ2n) is 4.65. The van der Waals surface area contributed by atoms with Crippen molar-refractivity contribution in [2.24, 2.45) is 0 Å². The van der Waals surface area contributed by atoms with Crippen molar-refractivity contribution < 1.29 is 0 Å². The lowest BCUT2D eigenvalue weighted by atomic mass is 10.1. The first kappa shape index (κ1) is 12.2. The van der Waals surface area contributed by atoms with Crippen molar-refractivity contribution in [3.63, 3.8) is 0 Å². The van der Waals surface area contributed by atoms with Crippen molar-refractivity contribution in [2.75, 3.05) is 11.9 Å². The number of rotatable bonds is 4. The number of para-hydroxylation sites is 1. The summed E-state index contributed by atoms with van der Waals surface area (Å²) in [6.07, 6.45) is 1.02. The number of aromatic nitrogens is 1. The molecule has 19 heavy (non-hydrogen) atoms. The lowest BCUT2D eigenvalue weighted by molar-refractivity contribution is 1.02. The summed E-state index contributed by atoms with van der Waals surface area (Å²) in [5.41, 5.74) is 3.74. The molecule has 2 nitrogen and oxygen atoms in total. The number of thiazole rings is 1. The highest BCUT2D eigenvalue weighted by Gasteiger charge is 2.01. The van der Waals surface area contributed by atoms with Crippen LogP contribution < -0.4 is 5.32 Å². The van der Waals surface area contributed by atoms with Gasteiger partial charge in [-0.15, -0.1) is 0 Å². The quantitative estimate of drug-likeness (QED) is 0.764. The van der Waals surface area contributed by atoms with Gasteiger partial charge in [0.05, 0.1) is 10.2 Å². The maximum absolute atomic E-state index is 4.57. The molecule has 0 saturated carbocycles. The summed E-state index contributed by atoms with van der Waals surface area (Å²) < 4.78 is 1.24. The Labute approximate surface area is 117 Å². The Balaban J connectivity index is 1.61. The van der Waals surface area contributed by atoms with E-state index in [1.165, 1.54) is 15.8 Å². The van der Waals surface area contributed by atoms with Gasteiger partial charge in [-0.25, -0.2) is 4.98 Å². The van der Waals surface area contributed by atoms with Gasteiger partial charge in [-0.05, 0) is 31.0 Å². The molecule has 0 saturated heterocycles. The summed E-state index contributed by atoms with van der Waals surface area (Å²) in [6, 6.07) is 16.9. The molecule has 1 N–H and O–H groups in total. The molecular weight excluding hydrogens is 252 g/mol.